The number of rotatable bonds is 2. The van der Waals surface area contributed by atoms with Gasteiger partial charge in [0.1, 0.15) is 5.69 Å². The number of amides is 1. The van der Waals surface area contributed by atoms with E-state index in [1.165, 1.54) is 0 Å². The number of hydrogen-bond acceptors (Lipinski definition) is 4. The van der Waals surface area contributed by atoms with Gasteiger partial charge in [-0.05, 0) is 30.8 Å². The van der Waals surface area contributed by atoms with E-state index in [0.29, 0.717) is 15.7 Å². The van der Waals surface area contributed by atoms with Gasteiger partial charge in [-0.2, -0.15) is 11.8 Å². The van der Waals surface area contributed by atoms with Crippen LogP contribution in [0.25, 0.3) is 5.69 Å². The molecule has 0 bridgehead atoms. The van der Waals surface area contributed by atoms with Crippen molar-refractivity contribution in [1.29, 1.82) is 0 Å². The van der Waals surface area contributed by atoms with E-state index in [2.05, 4.69) is 4.98 Å². The van der Waals surface area contributed by atoms with Gasteiger partial charge in [0.05, 0.1) is 6.61 Å². The van der Waals surface area contributed by atoms with E-state index in [0.717, 1.165) is 37.6 Å². The molecule has 126 valence electrons. The highest BCUT2D eigenvalue weighted by Crippen LogP contribution is 2.31. The van der Waals surface area contributed by atoms with Crippen LogP contribution in [0, 0.1) is 4.77 Å². The Morgan fingerprint density at radius 3 is 3.00 bits per heavy atom. The molecule has 2 fully saturated rings. The number of imidazole rings is 1. The zero-order valence-corrected chi connectivity index (χ0v) is 14.8. The number of para-hydroxylation sites is 1. The molecule has 2 aliphatic heterocycles. The third-order valence-electron chi connectivity index (χ3n) is 4.60. The zero-order chi connectivity index (χ0) is 16.5. The van der Waals surface area contributed by atoms with Gasteiger partial charge in [0.2, 0.25) is 0 Å². The van der Waals surface area contributed by atoms with Gasteiger partial charge in [0.25, 0.3) is 5.91 Å². The number of benzene rings is 1. The number of H-pyrrole nitrogens is 1. The maximum absolute atomic E-state index is 13.3. The van der Waals surface area contributed by atoms with E-state index in [-0.39, 0.29) is 11.9 Å². The second kappa shape index (κ2) is 6.74. The third kappa shape index (κ3) is 2.81. The predicted molar refractivity (Wildman–Crippen MR) is 97.5 cm³/mol. The summed E-state index contributed by atoms with van der Waals surface area (Å²) in [6.45, 7) is 2.23. The fourth-order valence-electron chi connectivity index (χ4n) is 3.44. The second-order valence-corrected chi connectivity index (χ2v) is 7.72. The van der Waals surface area contributed by atoms with Gasteiger partial charge in [-0.3, -0.25) is 9.36 Å². The number of hydrogen-bond donors (Lipinski definition) is 1. The number of nitrogens with zero attached hydrogens (tertiary/aromatic N) is 2. The number of ether oxygens (including phenoxy) is 1. The van der Waals surface area contributed by atoms with Crippen molar-refractivity contribution in [2.45, 2.75) is 17.7 Å². The summed E-state index contributed by atoms with van der Waals surface area (Å²) >= 11 is 7.32. The van der Waals surface area contributed by atoms with E-state index < -0.39 is 0 Å². The smallest absolute Gasteiger partial charge is 0.272 e. The lowest BCUT2D eigenvalue weighted by Gasteiger charge is -2.43. The van der Waals surface area contributed by atoms with Gasteiger partial charge < -0.3 is 14.6 Å². The molecule has 0 radical (unpaired) electrons. The molecule has 2 aliphatic rings. The Balaban J connectivity index is 1.69. The SMILES string of the molecule is O=C(c1c[nH]c(=S)n1-c1ccccc1)N1CCS[C@@H]2COCC[C@H]21. The largest absolute Gasteiger partial charge is 0.380 e. The Morgan fingerprint density at radius 2 is 2.17 bits per heavy atom. The quantitative estimate of drug-likeness (QED) is 0.836. The summed E-state index contributed by atoms with van der Waals surface area (Å²) in [7, 11) is 0. The van der Waals surface area contributed by atoms with Crippen LogP contribution in [0.5, 0.6) is 0 Å². The highest BCUT2D eigenvalue weighted by atomic mass is 32.2. The fraction of sp³-hybridized carbons (Fsp3) is 0.412. The van der Waals surface area contributed by atoms with E-state index in [1.54, 1.807) is 6.20 Å². The molecule has 1 aromatic heterocycles. The Bertz CT molecular complexity index is 785. The van der Waals surface area contributed by atoms with Crippen LogP contribution in [0.4, 0.5) is 0 Å². The van der Waals surface area contributed by atoms with Crippen molar-refractivity contribution in [2.24, 2.45) is 0 Å². The average Bonchev–Trinajstić information content (AvgIpc) is 3.03. The summed E-state index contributed by atoms with van der Waals surface area (Å²) in [5.41, 5.74) is 1.50. The molecule has 24 heavy (non-hydrogen) atoms. The van der Waals surface area contributed by atoms with Crippen LogP contribution in [0.1, 0.15) is 16.9 Å². The molecule has 2 aromatic rings. The van der Waals surface area contributed by atoms with E-state index in [4.69, 9.17) is 17.0 Å². The fourth-order valence-corrected chi connectivity index (χ4v) is 5.01. The first-order chi connectivity index (χ1) is 11.8. The van der Waals surface area contributed by atoms with Gasteiger partial charge in [-0.1, -0.05) is 18.2 Å². The van der Waals surface area contributed by atoms with Crippen LogP contribution in [0.15, 0.2) is 36.5 Å². The van der Waals surface area contributed by atoms with E-state index >= 15 is 0 Å². The summed E-state index contributed by atoms with van der Waals surface area (Å²) in [5, 5.41) is 0.378. The monoisotopic (exact) mass is 361 g/mol. The van der Waals surface area contributed by atoms with Crippen molar-refractivity contribution in [2.75, 3.05) is 25.5 Å². The molecule has 4 rings (SSSR count). The maximum atomic E-state index is 13.3. The molecule has 1 amide bonds. The van der Waals surface area contributed by atoms with Crippen molar-refractivity contribution < 1.29 is 9.53 Å². The van der Waals surface area contributed by atoms with Crippen molar-refractivity contribution in [3.63, 3.8) is 0 Å². The van der Waals surface area contributed by atoms with Crippen molar-refractivity contribution in [3.05, 3.63) is 47.0 Å². The second-order valence-electron chi connectivity index (χ2n) is 5.99. The minimum absolute atomic E-state index is 0.0448. The van der Waals surface area contributed by atoms with Gasteiger partial charge in [-0.15, -0.1) is 0 Å². The van der Waals surface area contributed by atoms with Crippen molar-refractivity contribution in [1.82, 2.24) is 14.5 Å². The molecule has 0 spiro atoms. The number of thioether (sulfide) groups is 1. The van der Waals surface area contributed by atoms with Crippen LogP contribution in [0.3, 0.4) is 0 Å². The molecule has 7 heteroatoms. The number of nitrogens with one attached hydrogen (secondary N) is 1. The van der Waals surface area contributed by atoms with E-state index in [1.807, 2.05) is 51.6 Å². The number of aromatic amines is 1. The number of fused-ring (bicyclic) bond motifs is 1. The molecule has 3 heterocycles. The molecular weight excluding hydrogens is 342 g/mol. The average molecular weight is 361 g/mol. The van der Waals surface area contributed by atoms with Crippen LogP contribution in [-0.4, -0.2) is 57.2 Å². The van der Waals surface area contributed by atoms with E-state index in [9.17, 15) is 4.79 Å². The molecule has 1 N–H and O–H groups in total. The standard InChI is InChI=1S/C17H19N3O2S2/c21-16(19-7-9-24-15-11-22-8-6-13(15)19)14-10-18-17(23)20(14)12-4-2-1-3-5-12/h1-5,10,13,15H,6-9,11H2,(H,18,23)/t13-,15-/m1/s1. The first-order valence-corrected chi connectivity index (χ1v) is 9.57. The highest BCUT2D eigenvalue weighted by Gasteiger charge is 2.38. The van der Waals surface area contributed by atoms with Crippen LogP contribution < -0.4 is 0 Å². The molecule has 0 aliphatic carbocycles. The minimum Gasteiger partial charge on any atom is -0.380 e. The molecule has 2 saturated heterocycles. The number of carbonyl (C=O) groups excluding carboxylic acids is 1. The highest BCUT2D eigenvalue weighted by molar-refractivity contribution is 8.00. The van der Waals surface area contributed by atoms with Crippen LogP contribution in [0.2, 0.25) is 0 Å². The molecule has 2 atom stereocenters. The Kier molecular flexibility index (Phi) is 4.47. The molecule has 0 saturated carbocycles. The van der Waals surface area contributed by atoms with Crippen molar-refractivity contribution >= 4 is 29.9 Å². The van der Waals surface area contributed by atoms with Crippen molar-refractivity contribution in [3.8, 4) is 5.69 Å². The summed E-state index contributed by atoms with van der Waals surface area (Å²) in [5.74, 6) is 0.996. The Hall–Kier alpha value is -1.57. The Labute approximate surface area is 150 Å². The predicted octanol–water partition coefficient (Wildman–Crippen LogP) is 2.88. The number of aromatic nitrogens is 2. The number of carbonyl (C=O) groups is 1. The molecular formula is C17H19N3O2S2. The zero-order valence-electron chi connectivity index (χ0n) is 13.2. The summed E-state index contributed by atoms with van der Waals surface area (Å²) in [6.07, 6.45) is 2.63. The first kappa shape index (κ1) is 15.9. The molecule has 1 aromatic carbocycles. The molecule has 5 nitrogen and oxygen atoms in total. The van der Waals surface area contributed by atoms with Gasteiger partial charge in [0, 0.05) is 42.1 Å². The maximum Gasteiger partial charge on any atom is 0.272 e. The topological polar surface area (TPSA) is 50.3 Å². The third-order valence-corrected chi connectivity index (χ3v) is 6.20. The lowest BCUT2D eigenvalue weighted by atomic mass is 10.1. The summed E-state index contributed by atoms with van der Waals surface area (Å²) in [6, 6.07) is 10.0. The van der Waals surface area contributed by atoms with Gasteiger partial charge in [-0.25, -0.2) is 0 Å². The van der Waals surface area contributed by atoms with Crippen LogP contribution in [-0.2, 0) is 4.74 Å². The normalized spacial score (nSPS) is 23.8. The Morgan fingerprint density at radius 1 is 1.33 bits per heavy atom. The van der Waals surface area contributed by atoms with Crippen LogP contribution >= 0.6 is 24.0 Å². The summed E-state index contributed by atoms with van der Waals surface area (Å²) in [4.78, 5) is 18.3. The lowest BCUT2D eigenvalue weighted by Crippen LogP contribution is -2.54. The first-order valence-electron chi connectivity index (χ1n) is 8.12. The molecule has 0 unspecified atom stereocenters. The summed E-state index contributed by atoms with van der Waals surface area (Å²) < 4.78 is 7.95. The van der Waals surface area contributed by atoms with Gasteiger partial charge >= 0.3 is 0 Å². The lowest BCUT2D eigenvalue weighted by molar-refractivity contribution is 0.0314. The minimum atomic E-state index is 0.0448. The van der Waals surface area contributed by atoms with Gasteiger partial charge in [0.15, 0.2) is 4.77 Å².